The van der Waals surface area contributed by atoms with Crippen LogP contribution < -0.4 is 4.90 Å². The highest BCUT2D eigenvalue weighted by Crippen LogP contribution is 2.58. The summed E-state index contributed by atoms with van der Waals surface area (Å²) in [5.74, 6) is -6.23. The molecule has 0 aromatic heterocycles. The minimum absolute atomic E-state index is 0.0574. The van der Waals surface area contributed by atoms with Gasteiger partial charge in [0, 0.05) is 16.1 Å². The van der Waals surface area contributed by atoms with Gasteiger partial charge in [-0.2, -0.15) is 13.2 Å². The van der Waals surface area contributed by atoms with E-state index in [1.165, 1.54) is 31.2 Å². The molecule has 192 valence electrons. The number of amides is 2. The number of hydrogen-bond donors (Lipinski definition) is 0. The summed E-state index contributed by atoms with van der Waals surface area (Å²) in [5, 5.41) is 0.383. The number of Topliss-reactive ketones (excluding diaryl/α,β-unsaturated/α-hetero) is 2. The zero-order chi connectivity index (χ0) is 27.1. The van der Waals surface area contributed by atoms with Crippen molar-refractivity contribution < 1.29 is 37.1 Å². The molecule has 1 spiro atoms. The van der Waals surface area contributed by atoms with E-state index in [4.69, 9.17) is 16.3 Å². The van der Waals surface area contributed by atoms with E-state index in [-0.39, 0.29) is 22.4 Å². The van der Waals surface area contributed by atoms with Gasteiger partial charge in [-0.1, -0.05) is 54.1 Å². The minimum Gasteiger partial charge on any atom is -0.349 e. The molecule has 3 aromatic carbocycles. The van der Waals surface area contributed by atoms with Gasteiger partial charge >= 0.3 is 6.18 Å². The summed E-state index contributed by atoms with van der Waals surface area (Å²) in [7, 11) is 0. The van der Waals surface area contributed by atoms with Crippen LogP contribution in [0.2, 0.25) is 5.02 Å². The number of carbonyl (C=O) groups excluding carboxylic acids is 4. The molecule has 3 aliphatic rings. The van der Waals surface area contributed by atoms with Crippen LogP contribution in [0.1, 0.15) is 43.5 Å². The van der Waals surface area contributed by atoms with Crippen LogP contribution in [0.15, 0.2) is 66.7 Å². The Bertz CT molecular complexity index is 1530. The van der Waals surface area contributed by atoms with E-state index in [1.807, 2.05) is 0 Å². The highest BCUT2D eigenvalue weighted by atomic mass is 35.5. The molecular formula is C28H17ClF3NO5. The van der Waals surface area contributed by atoms with E-state index in [0.29, 0.717) is 15.5 Å². The Kier molecular flexibility index (Phi) is 5.22. The smallest absolute Gasteiger partial charge is 0.349 e. The van der Waals surface area contributed by atoms with Crippen molar-refractivity contribution >= 4 is 40.7 Å². The maximum absolute atomic E-state index is 14.0. The molecule has 3 aromatic rings. The Morgan fingerprint density at radius 2 is 1.47 bits per heavy atom. The summed E-state index contributed by atoms with van der Waals surface area (Å²) < 4.78 is 46.7. The van der Waals surface area contributed by atoms with Crippen LogP contribution in [-0.4, -0.2) is 29.0 Å². The van der Waals surface area contributed by atoms with E-state index in [2.05, 4.69) is 0 Å². The highest BCUT2D eigenvalue weighted by molar-refractivity contribution is 6.37. The molecule has 2 aliphatic heterocycles. The molecule has 2 amide bonds. The third-order valence-corrected chi connectivity index (χ3v) is 7.75. The number of ketones is 2. The largest absolute Gasteiger partial charge is 0.416 e. The Labute approximate surface area is 218 Å². The molecule has 1 aliphatic carbocycles. The fourth-order valence-corrected chi connectivity index (χ4v) is 5.86. The van der Waals surface area contributed by atoms with Crippen LogP contribution in [0.3, 0.4) is 0 Å². The first kappa shape index (κ1) is 24.5. The summed E-state index contributed by atoms with van der Waals surface area (Å²) in [6.07, 6.45) is -5.92. The lowest BCUT2D eigenvalue weighted by molar-refractivity contribution is -0.137. The molecule has 0 bridgehead atoms. The molecule has 0 saturated carbocycles. The maximum Gasteiger partial charge on any atom is 0.416 e. The molecule has 2 saturated heterocycles. The first-order chi connectivity index (χ1) is 18.0. The number of fused-ring (bicyclic) bond motifs is 3. The molecular weight excluding hydrogens is 523 g/mol. The standard InChI is InChI=1S/C28H17ClF3NO5/c1-13-6-9-15(28(30,31)32)12-19(13)33-25(36)20-21(26(33)37)27(38-22(20)14-7-10-16(29)11-8-14)23(34)17-4-2-3-5-18(17)24(27)35/h2-12,20-22H,1H3/t20-,21-,22-/m0/s1. The maximum atomic E-state index is 14.0. The summed E-state index contributed by atoms with van der Waals surface area (Å²) in [4.78, 5) is 56.0. The number of anilines is 1. The lowest BCUT2D eigenvalue weighted by Gasteiger charge is -2.28. The van der Waals surface area contributed by atoms with Crippen molar-refractivity contribution in [3.63, 3.8) is 0 Å². The van der Waals surface area contributed by atoms with Gasteiger partial charge in [0.15, 0.2) is 0 Å². The fraction of sp³-hybridized carbons (Fsp3) is 0.214. The molecule has 6 rings (SSSR count). The SMILES string of the molecule is Cc1ccc(C(F)(F)F)cc1N1C(=O)[C@H]2[C@@H](C1=O)C1(O[C@H]2c2ccc(Cl)cc2)C(=O)c2ccccc2C1=O. The van der Waals surface area contributed by atoms with Gasteiger partial charge in [-0.3, -0.25) is 19.2 Å². The summed E-state index contributed by atoms with van der Waals surface area (Å²) in [5.41, 5.74) is -2.88. The molecule has 10 heteroatoms. The zero-order valence-electron chi connectivity index (χ0n) is 19.6. The Hall–Kier alpha value is -3.82. The average Bonchev–Trinajstić information content (AvgIpc) is 3.44. The third-order valence-electron chi connectivity index (χ3n) is 7.49. The zero-order valence-corrected chi connectivity index (χ0v) is 20.3. The molecule has 2 heterocycles. The summed E-state index contributed by atoms with van der Waals surface area (Å²) in [6.45, 7) is 1.47. The molecule has 38 heavy (non-hydrogen) atoms. The number of nitrogens with zero attached hydrogens (tertiary/aromatic N) is 1. The summed E-state index contributed by atoms with van der Waals surface area (Å²) >= 11 is 6.01. The molecule has 2 fully saturated rings. The van der Waals surface area contributed by atoms with Crippen LogP contribution in [0.5, 0.6) is 0 Å². The predicted octanol–water partition coefficient (Wildman–Crippen LogP) is 5.36. The van der Waals surface area contributed by atoms with Gasteiger partial charge in [-0.15, -0.1) is 0 Å². The van der Waals surface area contributed by atoms with Crippen molar-refractivity contribution in [1.82, 2.24) is 0 Å². The number of carbonyl (C=O) groups is 4. The Morgan fingerprint density at radius 3 is 2.05 bits per heavy atom. The monoisotopic (exact) mass is 539 g/mol. The Morgan fingerprint density at radius 1 is 0.868 bits per heavy atom. The number of hydrogen-bond acceptors (Lipinski definition) is 5. The lowest BCUT2D eigenvalue weighted by atomic mass is 9.77. The van der Waals surface area contributed by atoms with Gasteiger partial charge in [-0.05, 0) is 42.3 Å². The normalized spacial score (nSPS) is 23.9. The van der Waals surface area contributed by atoms with Gasteiger partial charge in [0.2, 0.25) is 29.0 Å². The second-order valence-electron chi connectivity index (χ2n) is 9.54. The number of rotatable bonds is 2. The minimum atomic E-state index is -4.72. The molecule has 6 nitrogen and oxygen atoms in total. The number of aryl methyl sites for hydroxylation is 1. The third kappa shape index (κ3) is 3.18. The van der Waals surface area contributed by atoms with Crippen molar-refractivity contribution in [3.05, 3.63) is 99.6 Å². The number of halogens is 4. The van der Waals surface area contributed by atoms with Crippen molar-refractivity contribution in [1.29, 1.82) is 0 Å². The van der Waals surface area contributed by atoms with Gasteiger partial charge in [0.05, 0.1) is 29.2 Å². The van der Waals surface area contributed by atoms with Crippen LogP contribution >= 0.6 is 11.6 Å². The van der Waals surface area contributed by atoms with Gasteiger partial charge in [-0.25, -0.2) is 4.90 Å². The van der Waals surface area contributed by atoms with Crippen molar-refractivity contribution in [2.45, 2.75) is 24.8 Å². The number of ether oxygens (including phenoxy) is 1. The quantitative estimate of drug-likeness (QED) is 0.323. The van der Waals surface area contributed by atoms with Gasteiger partial charge in [0.1, 0.15) is 0 Å². The number of benzene rings is 3. The van der Waals surface area contributed by atoms with Crippen molar-refractivity contribution in [2.24, 2.45) is 11.8 Å². The Balaban J connectivity index is 1.54. The van der Waals surface area contributed by atoms with Crippen LogP contribution in [0, 0.1) is 18.8 Å². The van der Waals surface area contributed by atoms with Crippen molar-refractivity contribution in [2.75, 3.05) is 4.90 Å². The van der Waals surface area contributed by atoms with Gasteiger partial charge in [0.25, 0.3) is 0 Å². The predicted molar refractivity (Wildman–Crippen MR) is 129 cm³/mol. The first-order valence-corrected chi connectivity index (χ1v) is 12.0. The first-order valence-electron chi connectivity index (χ1n) is 11.6. The van der Waals surface area contributed by atoms with Gasteiger partial charge < -0.3 is 4.74 Å². The van der Waals surface area contributed by atoms with E-state index < -0.39 is 58.7 Å². The van der Waals surface area contributed by atoms with E-state index in [0.717, 1.165) is 18.2 Å². The van der Waals surface area contributed by atoms with E-state index in [9.17, 15) is 32.3 Å². The molecule has 3 atom stereocenters. The highest BCUT2D eigenvalue weighted by Gasteiger charge is 2.74. The molecule has 0 radical (unpaired) electrons. The molecule has 0 unspecified atom stereocenters. The topological polar surface area (TPSA) is 80.8 Å². The van der Waals surface area contributed by atoms with Crippen LogP contribution in [0.25, 0.3) is 0 Å². The fourth-order valence-electron chi connectivity index (χ4n) is 5.73. The van der Waals surface area contributed by atoms with Crippen LogP contribution in [0.4, 0.5) is 18.9 Å². The number of imide groups is 1. The lowest BCUT2D eigenvalue weighted by Crippen LogP contribution is -2.51. The average molecular weight is 540 g/mol. The second-order valence-corrected chi connectivity index (χ2v) is 9.98. The number of alkyl halides is 3. The second kappa shape index (κ2) is 8.09. The summed E-state index contributed by atoms with van der Waals surface area (Å²) in [6, 6.07) is 14.9. The van der Waals surface area contributed by atoms with E-state index in [1.54, 1.807) is 24.3 Å². The van der Waals surface area contributed by atoms with Crippen LogP contribution in [-0.2, 0) is 20.5 Å². The van der Waals surface area contributed by atoms with Crippen molar-refractivity contribution in [3.8, 4) is 0 Å². The molecule has 0 N–H and O–H groups in total. The van der Waals surface area contributed by atoms with E-state index >= 15 is 0 Å².